The highest BCUT2D eigenvalue weighted by Gasteiger charge is 2.16. The average molecular weight is 542 g/mol. The van der Waals surface area contributed by atoms with Crippen molar-refractivity contribution in [3.05, 3.63) is 145 Å². The van der Waals surface area contributed by atoms with Gasteiger partial charge in [-0.15, -0.1) is 0 Å². The lowest BCUT2D eigenvalue weighted by Gasteiger charge is -2.18. The summed E-state index contributed by atoms with van der Waals surface area (Å²) < 4.78 is 0. The van der Waals surface area contributed by atoms with Crippen LogP contribution in [0.5, 0.6) is 0 Å². The van der Waals surface area contributed by atoms with Crippen LogP contribution in [0.15, 0.2) is 133 Å². The number of hydrogen-bond acceptors (Lipinski definition) is 1. The lowest BCUT2D eigenvalue weighted by molar-refractivity contribution is 0.675. The standard InChI is InChI=1S/C41H35N/c1-3-25-42-27-29-19-21-30(22-20-29)31-11-10-12-32(26-31)35-23-24-40(37-16-7-6-15-36(35)37)41-38-17-8-4-13-33(38)28(2)34-14-5-9-18-39(34)41/h4-24,26,42H,3,25,27H2,1-2H3. The molecule has 0 unspecified atom stereocenters. The van der Waals surface area contributed by atoms with Gasteiger partial charge in [0.15, 0.2) is 0 Å². The van der Waals surface area contributed by atoms with Gasteiger partial charge in [-0.2, -0.15) is 0 Å². The Hall–Kier alpha value is -4.72. The fourth-order valence-corrected chi connectivity index (χ4v) is 6.50. The van der Waals surface area contributed by atoms with Crippen molar-refractivity contribution in [2.45, 2.75) is 26.8 Å². The monoisotopic (exact) mass is 541 g/mol. The van der Waals surface area contributed by atoms with Crippen molar-refractivity contribution in [2.75, 3.05) is 6.54 Å². The molecule has 0 fully saturated rings. The molecule has 0 atom stereocenters. The number of fused-ring (bicyclic) bond motifs is 3. The number of nitrogens with one attached hydrogen (secondary N) is 1. The summed E-state index contributed by atoms with van der Waals surface area (Å²) in [6, 6.07) is 49.2. The highest BCUT2D eigenvalue weighted by Crippen LogP contribution is 2.43. The largest absolute Gasteiger partial charge is 0.313 e. The molecule has 0 saturated heterocycles. The molecule has 0 bridgehead atoms. The van der Waals surface area contributed by atoms with Crippen molar-refractivity contribution in [2.24, 2.45) is 0 Å². The van der Waals surface area contributed by atoms with Gasteiger partial charge >= 0.3 is 0 Å². The Kier molecular flexibility index (Phi) is 7.03. The smallest absolute Gasteiger partial charge is 0.0205 e. The number of rotatable bonds is 7. The third-order valence-corrected chi connectivity index (χ3v) is 8.61. The molecule has 0 saturated carbocycles. The molecule has 7 aromatic carbocycles. The van der Waals surface area contributed by atoms with Crippen molar-refractivity contribution in [1.82, 2.24) is 5.32 Å². The van der Waals surface area contributed by atoms with Crippen molar-refractivity contribution in [3.8, 4) is 33.4 Å². The van der Waals surface area contributed by atoms with Crippen molar-refractivity contribution in [3.63, 3.8) is 0 Å². The Morgan fingerprint density at radius 2 is 1.02 bits per heavy atom. The van der Waals surface area contributed by atoms with E-state index in [1.165, 1.54) is 76.8 Å². The summed E-state index contributed by atoms with van der Waals surface area (Å²) in [5, 5.41) is 11.3. The first-order valence-corrected chi connectivity index (χ1v) is 15.1. The fourth-order valence-electron chi connectivity index (χ4n) is 6.50. The Morgan fingerprint density at radius 3 is 1.67 bits per heavy atom. The molecule has 0 aliphatic rings. The van der Waals surface area contributed by atoms with Crippen LogP contribution < -0.4 is 5.32 Å². The third kappa shape index (κ3) is 4.66. The van der Waals surface area contributed by atoms with Gasteiger partial charge in [0.2, 0.25) is 0 Å². The summed E-state index contributed by atoms with van der Waals surface area (Å²) in [7, 11) is 0. The summed E-state index contributed by atoms with van der Waals surface area (Å²) in [5.74, 6) is 0. The first-order valence-electron chi connectivity index (χ1n) is 15.1. The molecule has 0 heterocycles. The quantitative estimate of drug-likeness (QED) is 0.156. The summed E-state index contributed by atoms with van der Waals surface area (Å²) in [5.41, 5.74) is 10.2. The first kappa shape index (κ1) is 26.2. The zero-order valence-corrected chi connectivity index (χ0v) is 24.3. The minimum atomic E-state index is 0.915. The summed E-state index contributed by atoms with van der Waals surface area (Å²) in [6.07, 6.45) is 1.15. The average Bonchev–Trinajstić information content (AvgIpc) is 3.05. The first-order chi connectivity index (χ1) is 20.7. The molecule has 42 heavy (non-hydrogen) atoms. The van der Waals surface area contributed by atoms with Crippen molar-refractivity contribution >= 4 is 32.3 Å². The van der Waals surface area contributed by atoms with Crippen LogP contribution in [0.1, 0.15) is 24.5 Å². The lowest BCUT2D eigenvalue weighted by atomic mass is 9.85. The fraction of sp³-hybridized carbons (Fsp3) is 0.122. The molecule has 1 N–H and O–H groups in total. The molecular weight excluding hydrogens is 506 g/mol. The maximum absolute atomic E-state index is 3.50. The van der Waals surface area contributed by atoms with Gasteiger partial charge in [0.25, 0.3) is 0 Å². The van der Waals surface area contributed by atoms with E-state index in [1.807, 2.05) is 0 Å². The normalized spacial score (nSPS) is 11.5. The molecular formula is C41H35N. The van der Waals surface area contributed by atoms with E-state index in [-0.39, 0.29) is 0 Å². The van der Waals surface area contributed by atoms with Gasteiger partial charge in [0, 0.05) is 6.54 Å². The molecule has 0 spiro atoms. The van der Waals surface area contributed by atoms with Crippen molar-refractivity contribution in [1.29, 1.82) is 0 Å². The molecule has 0 aliphatic carbocycles. The molecule has 0 radical (unpaired) electrons. The molecule has 0 aromatic heterocycles. The SMILES string of the molecule is CCCNCc1ccc(-c2cccc(-c3ccc(-c4c5ccccc5c(C)c5ccccc45)c4ccccc34)c2)cc1. The van der Waals surface area contributed by atoms with E-state index in [0.717, 1.165) is 19.5 Å². The van der Waals surface area contributed by atoms with E-state index in [4.69, 9.17) is 0 Å². The van der Waals surface area contributed by atoms with Crippen LogP contribution in [0.2, 0.25) is 0 Å². The topological polar surface area (TPSA) is 12.0 Å². The summed E-state index contributed by atoms with van der Waals surface area (Å²) >= 11 is 0. The van der Waals surface area contributed by atoms with Crippen LogP contribution in [0.4, 0.5) is 0 Å². The van der Waals surface area contributed by atoms with Crippen LogP contribution in [-0.2, 0) is 6.54 Å². The van der Waals surface area contributed by atoms with Crippen LogP contribution in [0.3, 0.4) is 0 Å². The predicted molar refractivity (Wildman–Crippen MR) is 182 cm³/mol. The predicted octanol–water partition coefficient (Wildman–Crippen LogP) is 11.0. The van der Waals surface area contributed by atoms with E-state index in [2.05, 4.69) is 153 Å². The second kappa shape index (κ2) is 11.3. The van der Waals surface area contributed by atoms with Gasteiger partial charge in [-0.3, -0.25) is 0 Å². The van der Waals surface area contributed by atoms with E-state index in [1.54, 1.807) is 0 Å². The van der Waals surface area contributed by atoms with Gasteiger partial charge in [-0.25, -0.2) is 0 Å². The Balaban J connectivity index is 1.36. The van der Waals surface area contributed by atoms with E-state index < -0.39 is 0 Å². The molecule has 0 amide bonds. The number of aryl methyl sites for hydroxylation is 1. The molecule has 1 heteroatoms. The summed E-state index contributed by atoms with van der Waals surface area (Å²) in [6.45, 7) is 6.41. The highest BCUT2D eigenvalue weighted by atomic mass is 14.8. The van der Waals surface area contributed by atoms with Crippen LogP contribution >= 0.6 is 0 Å². The molecule has 1 nitrogen and oxygen atoms in total. The Morgan fingerprint density at radius 1 is 0.476 bits per heavy atom. The van der Waals surface area contributed by atoms with E-state index in [9.17, 15) is 0 Å². The minimum Gasteiger partial charge on any atom is -0.313 e. The number of hydrogen-bond donors (Lipinski definition) is 1. The van der Waals surface area contributed by atoms with Gasteiger partial charge < -0.3 is 5.32 Å². The zero-order chi connectivity index (χ0) is 28.5. The van der Waals surface area contributed by atoms with E-state index in [0.29, 0.717) is 0 Å². The number of benzene rings is 7. The van der Waals surface area contributed by atoms with Gasteiger partial charge in [0.05, 0.1) is 0 Å². The second-order valence-electron chi connectivity index (χ2n) is 11.3. The van der Waals surface area contributed by atoms with Crippen LogP contribution in [-0.4, -0.2) is 6.54 Å². The van der Waals surface area contributed by atoms with Gasteiger partial charge in [-0.1, -0.05) is 134 Å². The Labute approximate surface area is 248 Å². The highest BCUT2D eigenvalue weighted by molar-refractivity contribution is 6.19. The summed E-state index contributed by atoms with van der Waals surface area (Å²) in [4.78, 5) is 0. The van der Waals surface area contributed by atoms with Crippen LogP contribution in [0, 0.1) is 6.92 Å². The van der Waals surface area contributed by atoms with E-state index >= 15 is 0 Å². The second-order valence-corrected chi connectivity index (χ2v) is 11.3. The molecule has 7 rings (SSSR count). The molecule has 0 aliphatic heterocycles. The minimum absolute atomic E-state index is 0.915. The lowest BCUT2D eigenvalue weighted by Crippen LogP contribution is -2.13. The van der Waals surface area contributed by atoms with Gasteiger partial charge in [0.1, 0.15) is 0 Å². The van der Waals surface area contributed by atoms with Gasteiger partial charge in [-0.05, 0) is 103 Å². The zero-order valence-electron chi connectivity index (χ0n) is 24.3. The Bertz CT molecular complexity index is 1990. The van der Waals surface area contributed by atoms with Crippen LogP contribution in [0.25, 0.3) is 65.7 Å². The maximum atomic E-state index is 3.50. The molecule has 204 valence electrons. The van der Waals surface area contributed by atoms with Crippen molar-refractivity contribution < 1.29 is 0 Å². The molecule has 7 aromatic rings. The third-order valence-electron chi connectivity index (χ3n) is 8.61. The maximum Gasteiger partial charge on any atom is 0.0205 e.